The van der Waals surface area contributed by atoms with Crippen LogP contribution in [0.5, 0.6) is 0 Å². The van der Waals surface area contributed by atoms with E-state index in [-0.39, 0.29) is 6.61 Å². The van der Waals surface area contributed by atoms with Crippen molar-refractivity contribution in [2.24, 2.45) is 7.05 Å². The molecule has 118 valence electrons. The molecule has 0 spiro atoms. The molecule has 0 radical (unpaired) electrons. The molecule has 0 fully saturated rings. The van der Waals surface area contributed by atoms with Crippen LogP contribution in [0.15, 0.2) is 36.5 Å². The molecule has 0 unspecified atom stereocenters. The molecule has 1 aromatic carbocycles. The summed E-state index contributed by atoms with van der Waals surface area (Å²) in [6.07, 6.45) is 1.87. The van der Waals surface area contributed by atoms with Gasteiger partial charge in [-0.3, -0.25) is 0 Å². The molecular weight excluding hydrogens is 294 g/mol. The van der Waals surface area contributed by atoms with Crippen molar-refractivity contribution in [3.63, 3.8) is 0 Å². The predicted octanol–water partition coefficient (Wildman–Crippen LogP) is 1.97. The van der Waals surface area contributed by atoms with Crippen molar-refractivity contribution in [1.29, 1.82) is 0 Å². The lowest BCUT2D eigenvalue weighted by Crippen LogP contribution is -2.09. The minimum Gasteiger partial charge on any atom is -0.454 e. The third-order valence-electron chi connectivity index (χ3n) is 3.61. The van der Waals surface area contributed by atoms with E-state index in [1.54, 1.807) is 21.4 Å². The highest BCUT2D eigenvalue weighted by molar-refractivity contribution is 5.89. The Kier molecular flexibility index (Phi) is 3.92. The van der Waals surface area contributed by atoms with Gasteiger partial charge in [0.15, 0.2) is 12.4 Å². The van der Waals surface area contributed by atoms with Crippen molar-refractivity contribution in [1.82, 2.24) is 24.5 Å². The van der Waals surface area contributed by atoms with Crippen molar-refractivity contribution in [2.45, 2.75) is 20.5 Å². The molecule has 7 heteroatoms. The first-order valence-corrected chi connectivity index (χ1v) is 7.19. The summed E-state index contributed by atoms with van der Waals surface area (Å²) in [5.74, 6) is 0.989. The standard InChI is InChI=1S/C16H17N5O2/c1-11-8-9-21(19-11)14-6-4-13(5-7-14)16(22)23-10-15-18-17-12(2)20(15)3/h4-9H,10H2,1-3H3. The molecule has 0 bridgehead atoms. The SMILES string of the molecule is Cc1ccn(-c2ccc(C(=O)OCc3nnc(C)n3C)cc2)n1. The fourth-order valence-corrected chi connectivity index (χ4v) is 2.10. The first-order chi connectivity index (χ1) is 11.0. The molecule has 0 saturated heterocycles. The molecule has 3 aromatic rings. The Morgan fingerprint density at radius 2 is 1.87 bits per heavy atom. The number of rotatable bonds is 4. The van der Waals surface area contributed by atoms with Crippen molar-refractivity contribution in [3.05, 3.63) is 59.4 Å². The van der Waals surface area contributed by atoms with Crippen LogP contribution in [0.1, 0.15) is 27.7 Å². The molecular formula is C16H17N5O2. The lowest BCUT2D eigenvalue weighted by atomic mass is 10.2. The topological polar surface area (TPSA) is 74.8 Å². The number of hydrogen-bond acceptors (Lipinski definition) is 5. The second kappa shape index (κ2) is 6.04. The molecule has 0 aliphatic heterocycles. The Balaban J connectivity index is 1.67. The average Bonchev–Trinajstić information content (AvgIpc) is 3.13. The highest BCUT2D eigenvalue weighted by Crippen LogP contribution is 2.11. The Bertz CT molecular complexity index is 833. The summed E-state index contributed by atoms with van der Waals surface area (Å²) < 4.78 is 8.82. The van der Waals surface area contributed by atoms with Crippen LogP contribution in [-0.2, 0) is 18.4 Å². The molecule has 0 atom stereocenters. The number of benzene rings is 1. The maximum atomic E-state index is 12.1. The number of esters is 1. The predicted molar refractivity (Wildman–Crippen MR) is 83.2 cm³/mol. The van der Waals surface area contributed by atoms with E-state index in [4.69, 9.17) is 4.74 Å². The number of aromatic nitrogens is 5. The maximum Gasteiger partial charge on any atom is 0.338 e. The summed E-state index contributed by atoms with van der Waals surface area (Å²) in [5.41, 5.74) is 2.31. The molecule has 0 aliphatic rings. The van der Waals surface area contributed by atoms with Gasteiger partial charge < -0.3 is 9.30 Å². The van der Waals surface area contributed by atoms with Gasteiger partial charge in [-0.05, 0) is 44.2 Å². The molecule has 0 saturated carbocycles. The van der Waals surface area contributed by atoms with Gasteiger partial charge in [0.2, 0.25) is 0 Å². The normalized spacial score (nSPS) is 10.7. The molecule has 0 amide bonds. The van der Waals surface area contributed by atoms with Crippen LogP contribution in [0.4, 0.5) is 0 Å². The van der Waals surface area contributed by atoms with Crippen molar-refractivity contribution in [3.8, 4) is 5.69 Å². The van der Waals surface area contributed by atoms with Gasteiger partial charge in [0.05, 0.1) is 16.9 Å². The Hall–Kier alpha value is -2.96. The van der Waals surface area contributed by atoms with Crippen molar-refractivity contribution < 1.29 is 9.53 Å². The lowest BCUT2D eigenvalue weighted by Gasteiger charge is -2.06. The van der Waals surface area contributed by atoms with Crippen molar-refractivity contribution >= 4 is 5.97 Å². The highest BCUT2D eigenvalue weighted by Gasteiger charge is 2.11. The molecule has 2 heterocycles. The first kappa shape index (κ1) is 15.0. The van der Waals surface area contributed by atoms with Gasteiger partial charge in [-0.1, -0.05) is 0 Å². The van der Waals surface area contributed by atoms with Gasteiger partial charge >= 0.3 is 5.97 Å². The number of nitrogens with zero attached hydrogens (tertiary/aromatic N) is 5. The lowest BCUT2D eigenvalue weighted by molar-refractivity contribution is 0.0458. The summed E-state index contributed by atoms with van der Waals surface area (Å²) in [6, 6.07) is 9.02. The van der Waals surface area contributed by atoms with E-state index in [2.05, 4.69) is 15.3 Å². The zero-order valence-electron chi connectivity index (χ0n) is 13.2. The Labute approximate surface area is 133 Å². The summed E-state index contributed by atoms with van der Waals surface area (Å²) in [6.45, 7) is 3.86. The third-order valence-corrected chi connectivity index (χ3v) is 3.61. The third kappa shape index (κ3) is 3.13. The summed E-state index contributed by atoms with van der Waals surface area (Å²) >= 11 is 0. The molecule has 7 nitrogen and oxygen atoms in total. The first-order valence-electron chi connectivity index (χ1n) is 7.19. The fraction of sp³-hybridized carbons (Fsp3) is 0.250. The summed E-state index contributed by atoms with van der Waals surface area (Å²) in [7, 11) is 1.83. The van der Waals surface area contributed by atoms with Gasteiger partial charge in [-0.15, -0.1) is 10.2 Å². The maximum absolute atomic E-state index is 12.1. The van der Waals surface area contributed by atoms with E-state index in [1.807, 2.05) is 45.3 Å². The van der Waals surface area contributed by atoms with E-state index in [1.165, 1.54) is 0 Å². The van der Waals surface area contributed by atoms with Crippen LogP contribution >= 0.6 is 0 Å². The van der Waals surface area contributed by atoms with E-state index in [0.717, 1.165) is 17.2 Å². The van der Waals surface area contributed by atoms with Crippen LogP contribution in [0.25, 0.3) is 5.69 Å². The van der Waals surface area contributed by atoms with Crippen LogP contribution in [0.2, 0.25) is 0 Å². The summed E-state index contributed by atoms with van der Waals surface area (Å²) in [5, 5.41) is 12.2. The summed E-state index contributed by atoms with van der Waals surface area (Å²) in [4.78, 5) is 12.1. The van der Waals surface area contributed by atoms with Crippen LogP contribution in [0, 0.1) is 13.8 Å². The largest absolute Gasteiger partial charge is 0.454 e. The van der Waals surface area contributed by atoms with Gasteiger partial charge in [-0.25, -0.2) is 9.48 Å². The van der Waals surface area contributed by atoms with Gasteiger partial charge in [0.25, 0.3) is 0 Å². The molecule has 0 aliphatic carbocycles. The highest BCUT2D eigenvalue weighted by atomic mass is 16.5. The van der Waals surface area contributed by atoms with Gasteiger partial charge in [0, 0.05) is 13.2 Å². The smallest absolute Gasteiger partial charge is 0.338 e. The van der Waals surface area contributed by atoms with Crippen LogP contribution in [-0.4, -0.2) is 30.5 Å². The number of ether oxygens (including phenoxy) is 1. The second-order valence-corrected chi connectivity index (χ2v) is 5.25. The second-order valence-electron chi connectivity index (χ2n) is 5.25. The number of hydrogen-bond donors (Lipinski definition) is 0. The van der Waals surface area contributed by atoms with Crippen LogP contribution in [0.3, 0.4) is 0 Å². The monoisotopic (exact) mass is 311 g/mol. The Morgan fingerprint density at radius 1 is 1.13 bits per heavy atom. The van der Waals surface area contributed by atoms with Gasteiger partial charge in [0.1, 0.15) is 5.82 Å². The Morgan fingerprint density at radius 3 is 2.43 bits per heavy atom. The van der Waals surface area contributed by atoms with E-state index < -0.39 is 5.97 Å². The molecule has 0 N–H and O–H groups in total. The molecule has 3 rings (SSSR count). The molecule has 2 aromatic heterocycles. The fourth-order valence-electron chi connectivity index (χ4n) is 2.10. The van der Waals surface area contributed by atoms with Crippen LogP contribution < -0.4 is 0 Å². The average molecular weight is 311 g/mol. The van der Waals surface area contributed by atoms with Gasteiger partial charge in [-0.2, -0.15) is 5.10 Å². The quantitative estimate of drug-likeness (QED) is 0.689. The van der Waals surface area contributed by atoms with E-state index >= 15 is 0 Å². The zero-order chi connectivity index (χ0) is 16.4. The minimum atomic E-state index is -0.395. The van der Waals surface area contributed by atoms with Crippen molar-refractivity contribution in [2.75, 3.05) is 0 Å². The molecule has 23 heavy (non-hydrogen) atoms. The van der Waals surface area contributed by atoms with E-state index in [0.29, 0.717) is 11.4 Å². The minimum absolute atomic E-state index is 0.0935. The number of carbonyl (C=O) groups is 1. The number of aryl methyl sites for hydroxylation is 2. The zero-order valence-corrected chi connectivity index (χ0v) is 13.2. The van der Waals surface area contributed by atoms with E-state index in [9.17, 15) is 4.79 Å². The number of carbonyl (C=O) groups excluding carboxylic acids is 1.